The van der Waals surface area contributed by atoms with E-state index in [1.165, 1.54) is 0 Å². The van der Waals surface area contributed by atoms with Gasteiger partial charge in [0.25, 0.3) is 5.91 Å². The first kappa shape index (κ1) is 15.7. The third-order valence-corrected chi connectivity index (χ3v) is 3.63. The second-order valence-corrected chi connectivity index (χ2v) is 5.93. The molecule has 0 saturated heterocycles. The smallest absolute Gasteiger partial charge is 0.271 e. The standard InChI is InChI=1S/C15H12Br2N2O2/c1-21-14-6-5-13(17)8-11(14)9-18-19-15(20)10-3-2-4-12(16)7-10/h2-9H,1H3,(H,19,20)/b18-9+. The molecule has 0 aliphatic heterocycles. The molecule has 21 heavy (non-hydrogen) atoms. The van der Waals surface area contributed by atoms with Crippen molar-refractivity contribution in [1.82, 2.24) is 5.43 Å². The average molecular weight is 412 g/mol. The third kappa shape index (κ3) is 4.41. The van der Waals surface area contributed by atoms with Crippen LogP contribution in [0.2, 0.25) is 0 Å². The Kier molecular flexibility index (Phi) is 5.52. The summed E-state index contributed by atoms with van der Waals surface area (Å²) in [6.45, 7) is 0. The molecule has 6 heteroatoms. The van der Waals surface area contributed by atoms with Crippen LogP contribution in [0.5, 0.6) is 5.75 Å². The van der Waals surface area contributed by atoms with Gasteiger partial charge in [-0.05, 0) is 36.4 Å². The number of hydrogen-bond acceptors (Lipinski definition) is 3. The molecule has 0 atom stereocenters. The summed E-state index contributed by atoms with van der Waals surface area (Å²) < 4.78 is 6.97. The predicted octanol–water partition coefficient (Wildman–Crippen LogP) is 3.98. The molecule has 0 radical (unpaired) electrons. The molecule has 108 valence electrons. The summed E-state index contributed by atoms with van der Waals surface area (Å²) >= 11 is 6.70. The summed E-state index contributed by atoms with van der Waals surface area (Å²) in [6, 6.07) is 12.6. The highest BCUT2D eigenvalue weighted by Crippen LogP contribution is 2.21. The summed E-state index contributed by atoms with van der Waals surface area (Å²) in [5.74, 6) is 0.403. The molecule has 0 bridgehead atoms. The second-order valence-electron chi connectivity index (χ2n) is 4.10. The molecule has 0 heterocycles. The van der Waals surface area contributed by atoms with Crippen LogP contribution in [0.1, 0.15) is 15.9 Å². The number of nitrogens with one attached hydrogen (secondary N) is 1. The number of carbonyl (C=O) groups excluding carboxylic acids is 1. The highest BCUT2D eigenvalue weighted by Gasteiger charge is 2.05. The molecule has 1 amide bonds. The maximum Gasteiger partial charge on any atom is 0.271 e. The van der Waals surface area contributed by atoms with Gasteiger partial charge in [0.2, 0.25) is 0 Å². The molecule has 0 fully saturated rings. The van der Waals surface area contributed by atoms with E-state index < -0.39 is 0 Å². The first-order valence-electron chi connectivity index (χ1n) is 6.02. The van der Waals surface area contributed by atoms with Crippen molar-refractivity contribution in [2.24, 2.45) is 5.10 Å². The number of hydrazone groups is 1. The number of benzene rings is 2. The fourth-order valence-electron chi connectivity index (χ4n) is 1.66. The molecule has 4 nitrogen and oxygen atoms in total. The van der Waals surface area contributed by atoms with Gasteiger partial charge in [0.05, 0.1) is 13.3 Å². The van der Waals surface area contributed by atoms with Gasteiger partial charge in [-0.3, -0.25) is 4.79 Å². The lowest BCUT2D eigenvalue weighted by molar-refractivity contribution is 0.0955. The van der Waals surface area contributed by atoms with E-state index >= 15 is 0 Å². The van der Waals surface area contributed by atoms with Gasteiger partial charge in [-0.2, -0.15) is 5.10 Å². The molecule has 2 aromatic carbocycles. The molecule has 0 spiro atoms. The molecule has 2 aromatic rings. The molecule has 0 aromatic heterocycles. The molecular weight excluding hydrogens is 400 g/mol. The number of methoxy groups -OCH3 is 1. The summed E-state index contributed by atoms with van der Waals surface area (Å²) in [5, 5.41) is 3.96. The van der Waals surface area contributed by atoms with Gasteiger partial charge >= 0.3 is 0 Å². The number of amides is 1. The van der Waals surface area contributed by atoms with Crippen LogP contribution in [-0.2, 0) is 0 Å². The van der Waals surface area contributed by atoms with Gasteiger partial charge in [0.15, 0.2) is 0 Å². The second kappa shape index (κ2) is 7.38. The quantitative estimate of drug-likeness (QED) is 0.610. The van der Waals surface area contributed by atoms with Crippen molar-refractivity contribution >= 4 is 44.0 Å². The van der Waals surface area contributed by atoms with Crippen molar-refractivity contribution in [3.8, 4) is 5.75 Å². The Morgan fingerprint density at radius 3 is 2.67 bits per heavy atom. The average Bonchev–Trinajstić information content (AvgIpc) is 2.47. The molecule has 0 aliphatic carbocycles. The minimum Gasteiger partial charge on any atom is -0.496 e. The maximum atomic E-state index is 11.9. The van der Waals surface area contributed by atoms with Crippen LogP contribution in [0.25, 0.3) is 0 Å². The monoisotopic (exact) mass is 410 g/mol. The number of rotatable bonds is 4. The minimum atomic E-state index is -0.276. The van der Waals surface area contributed by atoms with Gasteiger partial charge in [-0.1, -0.05) is 37.9 Å². The zero-order valence-electron chi connectivity index (χ0n) is 11.1. The number of hydrogen-bond donors (Lipinski definition) is 1. The van der Waals surface area contributed by atoms with Crippen LogP contribution >= 0.6 is 31.9 Å². The Balaban J connectivity index is 2.09. The highest BCUT2D eigenvalue weighted by atomic mass is 79.9. The van der Waals surface area contributed by atoms with Crippen molar-refractivity contribution in [1.29, 1.82) is 0 Å². The summed E-state index contributed by atoms with van der Waals surface area (Å²) in [7, 11) is 1.58. The van der Waals surface area contributed by atoms with Crippen molar-refractivity contribution < 1.29 is 9.53 Å². The molecule has 0 unspecified atom stereocenters. The van der Waals surface area contributed by atoms with E-state index in [1.807, 2.05) is 24.3 Å². The fourth-order valence-corrected chi connectivity index (χ4v) is 2.44. The Bertz CT molecular complexity index is 687. The molecular formula is C15H12Br2N2O2. The van der Waals surface area contributed by atoms with E-state index in [9.17, 15) is 4.79 Å². The maximum absolute atomic E-state index is 11.9. The third-order valence-electron chi connectivity index (χ3n) is 2.65. The van der Waals surface area contributed by atoms with Crippen LogP contribution in [0, 0.1) is 0 Å². The van der Waals surface area contributed by atoms with Crippen molar-refractivity contribution in [2.45, 2.75) is 0 Å². The first-order valence-corrected chi connectivity index (χ1v) is 7.61. The van der Waals surface area contributed by atoms with Crippen LogP contribution in [0.4, 0.5) is 0 Å². The molecule has 2 rings (SSSR count). The number of nitrogens with zero attached hydrogens (tertiary/aromatic N) is 1. The zero-order chi connectivity index (χ0) is 15.2. The first-order chi connectivity index (χ1) is 10.1. The van der Waals surface area contributed by atoms with Gasteiger partial charge in [-0.15, -0.1) is 0 Å². The number of halogens is 2. The normalized spacial score (nSPS) is 10.6. The Morgan fingerprint density at radius 1 is 1.19 bits per heavy atom. The largest absolute Gasteiger partial charge is 0.496 e. The van der Waals surface area contributed by atoms with E-state index in [-0.39, 0.29) is 5.91 Å². The number of carbonyl (C=O) groups is 1. The van der Waals surface area contributed by atoms with Crippen molar-refractivity contribution in [3.63, 3.8) is 0 Å². The Labute approximate surface area is 139 Å². The van der Waals surface area contributed by atoms with Gasteiger partial charge in [-0.25, -0.2) is 5.43 Å². The lowest BCUT2D eigenvalue weighted by atomic mass is 10.2. The summed E-state index contributed by atoms with van der Waals surface area (Å²) in [5.41, 5.74) is 3.78. The Morgan fingerprint density at radius 2 is 1.95 bits per heavy atom. The van der Waals surface area contributed by atoms with Crippen molar-refractivity contribution in [2.75, 3.05) is 7.11 Å². The summed E-state index contributed by atoms with van der Waals surface area (Å²) in [4.78, 5) is 11.9. The number of ether oxygens (including phenoxy) is 1. The van der Waals surface area contributed by atoms with E-state index in [4.69, 9.17) is 4.74 Å². The highest BCUT2D eigenvalue weighted by molar-refractivity contribution is 9.10. The molecule has 0 aliphatic rings. The zero-order valence-corrected chi connectivity index (χ0v) is 14.3. The molecule has 0 saturated carbocycles. The lowest BCUT2D eigenvalue weighted by Crippen LogP contribution is -2.17. The van der Waals surface area contributed by atoms with Gasteiger partial charge in [0, 0.05) is 20.1 Å². The van der Waals surface area contributed by atoms with E-state index in [0.29, 0.717) is 11.3 Å². The predicted molar refractivity (Wildman–Crippen MR) is 89.9 cm³/mol. The topological polar surface area (TPSA) is 50.7 Å². The Hall–Kier alpha value is -1.66. The van der Waals surface area contributed by atoms with Crippen LogP contribution in [0.3, 0.4) is 0 Å². The van der Waals surface area contributed by atoms with Gasteiger partial charge < -0.3 is 4.74 Å². The van der Waals surface area contributed by atoms with Crippen molar-refractivity contribution in [3.05, 3.63) is 62.5 Å². The lowest BCUT2D eigenvalue weighted by Gasteiger charge is -2.04. The SMILES string of the molecule is COc1ccc(Br)cc1/C=N/NC(=O)c1cccc(Br)c1. The van der Waals surface area contributed by atoms with E-state index in [2.05, 4.69) is 42.4 Å². The van der Waals surface area contributed by atoms with E-state index in [0.717, 1.165) is 14.5 Å². The van der Waals surface area contributed by atoms with Crippen LogP contribution < -0.4 is 10.2 Å². The van der Waals surface area contributed by atoms with Gasteiger partial charge in [0.1, 0.15) is 5.75 Å². The summed E-state index contributed by atoms with van der Waals surface area (Å²) in [6.07, 6.45) is 1.54. The van der Waals surface area contributed by atoms with E-state index in [1.54, 1.807) is 31.5 Å². The molecule has 1 N–H and O–H groups in total. The van der Waals surface area contributed by atoms with Crippen LogP contribution in [-0.4, -0.2) is 19.2 Å². The minimum absolute atomic E-state index is 0.276. The fraction of sp³-hybridized carbons (Fsp3) is 0.0667. The van der Waals surface area contributed by atoms with Crippen LogP contribution in [0.15, 0.2) is 56.5 Å².